The molecule has 0 aromatic heterocycles. The van der Waals surface area contributed by atoms with E-state index in [0.29, 0.717) is 6.04 Å². The number of ether oxygens (including phenoxy) is 1. The first-order valence-corrected chi connectivity index (χ1v) is 7.43. The number of hydrogen-bond donors (Lipinski definition) is 0. The lowest BCUT2D eigenvalue weighted by molar-refractivity contribution is -0.150. The number of carbonyl (C=O) groups is 2. The molecule has 0 bridgehead atoms. The fourth-order valence-electron chi connectivity index (χ4n) is 3.63. The normalized spacial score (nSPS) is 32.6. The lowest BCUT2D eigenvalue weighted by Gasteiger charge is -2.36. The number of hydrogen-bond acceptors (Lipinski definition) is 4. The molecule has 3 heterocycles. The summed E-state index contributed by atoms with van der Waals surface area (Å²) in [5.74, 6) is 0.256. The van der Waals surface area contributed by atoms with Crippen molar-refractivity contribution in [1.29, 1.82) is 0 Å². The average Bonchev–Trinajstić information content (AvgIpc) is 2.88. The van der Waals surface area contributed by atoms with Crippen molar-refractivity contribution in [3.05, 3.63) is 0 Å². The topological polar surface area (TPSA) is 53.1 Å². The summed E-state index contributed by atoms with van der Waals surface area (Å²) in [5, 5.41) is 0. The van der Waals surface area contributed by atoms with Crippen LogP contribution >= 0.6 is 0 Å². The molecule has 20 heavy (non-hydrogen) atoms. The van der Waals surface area contributed by atoms with Crippen LogP contribution in [0.5, 0.6) is 0 Å². The van der Waals surface area contributed by atoms with Gasteiger partial charge in [0.25, 0.3) is 0 Å². The Bertz CT molecular complexity index is 406. The molecule has 0 aromatic carbocycles. The molecular weight excluding hydrogens is 258 g/mol. The Morgan fingerprint density at radius 1 is 1.25 bits per heavy atom. The Kier molecular flexibility index (Phi) is 3.69. The van der Waals surface area contributed by atoms with Crippen LogP contribution in [0.4, 0.5) is 0 Å². The van der Waals surface area contributed by atoms with Crippen molar-refractivity contribution < 1.29 is 14.3 Å². The Morgan fingerprint density at radius 3 is 2.60 bits per heavy atom. The molecule has 6 nitrogen and oxygen atoms in total. The number of rotatable bonds is 1. The zero-order chi connectivity index (χ0) is 14.3. The lowest BCUT2D eigenvalue weighted by atomic mass is 10.0. The smallest absolute Gasteiger partial charge is 0.248 e. The minimum Gasteiger partial charge on any atom is -0.365 e. The summed E-state index contributed by atoms with van der Waals surface area (Å²) in [6.07, 6.45) is 2.21. The third kappa shape index (κ3) is 2.42. The highest BCUT2D eigenvalue weighted by atomic mass is 16.5. The van der Waals surface area contributed by atoms with Gasteiger partial charge in [-0.05, 0) is 12.8 Å². The van der Waals surface area contributed by atoms with Gasteiger partial charge in [-0.3, -0.25) is 14.5 Å². The molecule has 2 amide bonds. The van der Waals surface area contributed by atoms with Crippen molar-refractivity contribution in [2.75, 3.05) is 39.8 Å². The molecule has 3 saturated heterocycles. The summed E-state index contributed by atoms with van der Waals surface area (Å²) in [7, 11) is 1.88. The monoisotopic (exact) mass is 281 g/mol. The Balaban J connectivity index is 1.58. The van der Waals surface area contributed by atoms with Crippen LogP contribution < -0.4 is 0 Å². The van der Waals surface area contributed by atoms with Gasteiger partial charge >= 0.3 is 0 Å². The molecule has 0 radical (unpaired) electrons. The van der Waals surface area contributed by atoms with E-state index in [9.17, 15) is 9.59 Å². The fraction of sp³-hybridized carbons (Fsp3) is 0.857. The van der Waals surface area contributed by atoms with Crippen LogP contribution in [0.1, 0.15) is 19.8 Å². The van der Waals surface area contributed by atoms with E-state index < -0.39 is 0 Å². The van der Waals surface area contributed by atoms with E-state index in [4.69, 9.17) is 4.74 Å². The van der Waals surface area contributed by atoms with Crippen molar-refractivity contribution in [3.8, 4) is 0 Å². The SMILES string of the molecule is CC(=O)N1CCC(N2C[C@@H]3OCC(=O)N(C)[C@@H]3C2)CC1. The summed E-state index contributed by atoms with van der Waals surface area (Å²) in [4.78, 5) is 29.2. The Morgan fingerprint density at radius 2 is 1.95 bits per heavy atom. The molecule has 3 aliphatic heterocycles. The highest BCUT2D eigenvalue weighted by molar-refractivity contribution is 5.78. The summed E-state index contributed by atoms with van der Waals surface area (Å²) in [6, 6.07) is 0.713. The summed E-state index contributed by atoms with van der Waals surface area (Å²) in [5.41, 5.74) is 0. The summed E-state index contributed by atoms with van der Waals surface area (Å²) < 4.78 is 5.67. The van der Waals surface area contributed by atoms with Gasteiger partial charge in [-0.2, -0.15) is 0 Å². The summed E-state index contributed by atoms with van der Waals surface area (Å²) in [6.45, 7) is 5.36. The lowest BCUT2D eigenvalue weighted by Crippen LogP contribution is -2.52. The maximum atomic E-state index is 11.7. The average molecular weight is 281 g/mol. The predicted molar refractivity (Wildman–Crippen MR) is 73.1 cm³/mol. The van der Waals surface area contributed by atoms with Crippen molar-refractivity contribution in [1.82, 2.24) is 14.7 Å². The second kappa shape index (κ2) is 5.33. The van der Waals surface area contributed by atoms with Gasteiger partial charge in [0.15, 0.2) is 0 Å². The number of likely N-dealkylation sites (tertiary alicyclic amines) is 2. The van der Waals surface area contributed by atoms with Gasteiger partial charge in [-0.25, -0.2) is 0 Å². The third-order valence-electron chi connectivity index (χ3n) is 5.00. The second-order valence-electron chi connectivity index (χ2n) is 6.11. The van der Waals surface area contributed by atoms with Crippen molar-refractivity contribution >= 4 is 11.8 Å². The minimum atomic E-state index is 0.0829. The third-order valence-corrected chi connectivity index (χ3v) is 5.00. The van der Waals surface area contributed by atoms with Gasteiger partial charge in [0.2, 0.25) is 11.8 Å². The van der Waals surface area contributed by atoms with E-state index in [1.54, 1.807) is 6.92 Å². The molecular formula is C14H23N3O3. The van der Waals surface area contributed by atoms with E-state index in [-0.39, 0.29) is 30.6 Å². The first-order valence-electron chi connectivity index (χ1n) is 7.43. The van der Waals surface area contributed by atoms with E-state index in [1.165, 1.54) is 0 Å². The molecule has 0 N–H and O–H groups in total. The second-order valence-corrected chi connectivity index (χ2v) is 6.11. The zero-order valence-electron chi connectivity index (χ0n) is 12.2. The van der Waals surface area contributed by atoms with Gasteiger partial charge < -0.3 is 14.5 Å². The van der Waals surface area contributed by atoms with Crippen molar-refractivity contribution in [2.24, 2.45) is 0 Å². The summed E-state index contributed by atoms with van der Waals surface area (Å²) >= 11 is 0. The minimum absolute atomic E-state index is 0.0829. The van der Waals surface area contributed by atoms with Crippen LogP contribution in [0.15, 0.2) is 0 Å². The molecule has 0 aliphatic carbocycles. The first kappa shape index (κ1) is 13.8. The molecule has 2 atom stereocenters. The molecule has 112 valence electrons. The van der Waals surface area contributed by atoms with Crippen LogP contribution in [0, 0.1) is 0 Å². The largest absolute Gasteiger partial charge is 0.365 e. The number of likely N-dealkylation sites (N-methyl/N-ethyl adjacent to an activating group) is 1. The standard InChI is InChI=1S/C14H23N3O3/c1-10(18)16-5-3-11(4-6-16)17-7-12-13(8-17)20-9-14(19)15(12)2/h11-13H,3-9H2,1-2H3/t12-,13+/m1/s1. The van der Waals surface area contributed by atoms with Crippen LogP contribution in [0.3, 0.4) is 0 Å². The van der Waals surface area contributed by atoms with Crippen LogP contribution in [0.2, 0.25) is 0 Å². The number of amides is 2. The number of fused-ring (bicyclic) bond motifs is 1. The van der Waals surface area contributed by atoms with Gasteiger partial charge in [0, 0.05) is 46.2 Å². The number of carbonyl (C=O) groups excluding carboxylic acids is 2. The number of morpholine rings is 1. The van der Waals surface area contributed by atoms with E-state index in [1.807, 2.05) is 16.8 Å². The highest BCUT2D eigenvalue weighted by Crippen LogP contribution is 2.27. The molecule has 3 rings (SSSR count). The van der Waals surface area contributed by atoms with E-state index >= 15 is 0 Å². The molecule has 0 unspecified atom stereocenters. The number of nitrogens with zero attached hydrogens (tertiary/aromatic N) is 3. The molecule has 0 spiro atoms. The van der Waals surface area contributed by atoms with Gasteiger partial charge in [-0.15, -0.1) is 0 Å². The fourth-order valence-corrected chi connectivity index (χ4v) is 3.63. The number of piperidine rings is 1. The van der Waals surface area contributed by atoms with Gasteiger partial charge in [-0.1, -0.05) is 0 Å². The van der Waals surface area contributed by atoms with Crippen LogP contribution in [0.25, 0.3) is 0 Å². The Hall–Kier alpha value is -1.14. The van der Waals surface area contributed by atoms with Crippen molar-refractivity contribution in [3.63, 3.8) is 0 Å². The molecule has 0 aromatic rings. The predicted octanol–water partition coefficient (Wildman–Crippen LogP) is -0.461. The first-order chi connectivity index (χ1) is 9.56. The molecule has 6 heteroatoms. The van der Waals surface area contributed by atoms with Crippen LogP contribution in [-0.2, 0) is 14.3 Å². The highest BCUT2D eigenvalue weighted by Gasteiger charge is 2.43. The van der Waals surface area contributed by atoms with E-state index in [2.05, 4.69) is 4.90 Å². The van der Waals surface area contributed by atoms with Crippen molar-refractivity contribution in [2.45, 2.75) is 38.0 Å². The maximum Gasteiger partial charge on any atom is 0.248 e. The zero-order valence-corrected chi connectivity index (χ0v) is 12.2. The molecule has 0 saturated carbocycles. The molecule has 3 aliphatic rings. The van der Waals surface area contributed by atoms with Crippen LogP contribution in [-0.4, -0.2) is 84.5 Å². The molecule has 3 fully saturated rings. The van der Waals surface area contributed by atoms with Gasteiger partial charge in [0.1, 0.15) is 6.61 Å². The van der Waals surface area contributed by atoms with Gasteiger partial charge in [0.05, 0.1) is 12.1 Å². The quantitative estimate of drug-likeness (QED) is 0.652. The van der Waals surface area contributed by atoms with E-state index in [0.717, 1.165) is 39.0 Å². The maximum absolute atomic E-state index is 11.7. The Labute approximate surface area is 119 Å².